The summed E-state index contributed by atoms with van der Waals surface area (Å²) in [6.07, 6.45) is 4.07. The molecule has 1 spiro atoms. The van der Waals surface area contributed by atoms with E-state index < -0.39 is 5.79 Å². The van der Waals surface area contributed by atoms with E-state index >= 15 is 0 Å². The number of piperidine rings is 1. The van der Waals surface area contributed by atoms with E-state index in [9.17, 15) is 4.79 Å². The molecule has 0 unspecified atom stereocenters. The van der Waals surface area contributed by atoms with Gasteiger partial charge in [-0.1, -0.05) is 0 Å². The first-order chi connectivity index (χ1) is 12.2. The Morgan fingerprint density at radius 3 is 2.68 bits per heavy atom. The largest absolute Gasteiger partial charge is 0.497 e. The minimum Gasteiger partial charge on any atom is -0.497 e. The van der Waals surface area contributed by atoms with Crippen LogP contribution in [0.5, 0.6) is 5.75 Å². The number of hydrogen-bond acceptors (Lipinski definition) is 4. The Hall–Kier alpha value is -2.05. The van der Waals surface area contributed by atoms with Crippen LogP contribution in [-0.2, 0) is 20.8 Å². The number of aromatic nitrogens is 1. The molecule has 4 rings (SSSR count). The zero-order chi connectivity index (χ0) is 17.3. The van der Waals surface area contributed by atoms with E-state index in [1.54, 1.807) is 7.11 Å². The number of fused-ring (bicyclic) bond motifs is 1. The van der Waals surface area contributed by atoms with Gasteiger partial charge in [0.05, 0.1) is 20.3 Å². The van der Waals surface area contributed by atoms with Crippen molar-refractivity contribution < 1.29 is 19.0 Å². The van der Waals surface area contributed by atoms with Crippen molar-refractivity contribution in [3.63, 3.8) is 0 Å². The molecule has 0 atom stereocenters. The first-order valence-corrected chi connectivity index (χ1v) is 8.88. The number of ether oxygens (including phenoxy) is 3. The van der Waals surface area contributed by atoms with Crippen molar-refractivity contribution in [3.05, 3.63) is 30.5 Å². The summed E-state index contributed by atoms with van der Waals surface area (Å²) in [4.78, 5) is 14.5. The third-order valence-corrected chi connectivity index (χ3v) is 5.24. The number of rotatable bonds is 4. The van der Waals surface area contributed by atoms with Crippen LogP contribution in [0.3, 0.4) is 0 Å². The van der Waals surface area contributed by atoms with Gasteiger partial charge in [0.25, 0.3) is 0 Å². The number of likely N-dealkylation sites (tertiary alicyclic amines) is 1. The molecule has 6 nitrogen and oxygen atoms in total. The van der Waals surface area contributed by atoms with Crippen LogP contribution in [0, 0.1) is 0 Å². The van der Waals surface area contributed by atoms with Gasteiger partial charge in [0.15, 0.2) is 5.79 Å². The van der Waals surface area contributed by atoms with E-state index in [4.69, 9.17) is 14.2 Å². The van der Waals surface area contributed by atoms with E-state index in [0.717, 1.165) is 29.5 Å². The van der Waals surface area contributed by atoms with Crippen molar-refractivity contribution >= 4 is 16.8 Å². The van der Waals surface area contributed by atoms with Crippen LogP contribution in [0.15, 0.2) is 30.5 Å². The molecule has 2 saturated heterocycles. The van der Waals surface area contributed by atoms with Crippen molar-refractivity contribution in [1.29, 1.82) is 0 Å². The van der Waals surface area contributed by atoms with Gasteiger partial charge in [0.1, 0.15) is 5.75 Å². The molecule has 0 radical (unpaired) electrons. The Morgan fingerprint density at radius 1 is 1.20 bits per heavy atom. The Bertz CT molecular complexity index is 754. The fourth-order valence-corrected chi connectivity index (χ4v) is 3.76. The maximum atomic E-state index is 12.5. The number of nitrogens with zero attached hydrogens (tertiary/aromatic N) is 2. The summed E-state index contributed by atoms with van der Waals surface area (Å²) in [7, 11) is 1.67. The van der Waals surface area contributed by atoms with E-state index in [-0.39, 0.29) is 5.91 Å². The maximum absolute atomic E-state index is 12.5. The van der Waals surface area contributed by atoms with Crippen molar-refractivity contribution in [3.8, 4) is 5.75 Å². The number of hydrogen-bond donors (Lipinski definition) is 0. The van der Waals surface area contributed by atoms with E-state index in [2.05, 4.69) is 10.6 Å². The van der Waals surface area contributed by atoms with Crippen LogP contribution in [0.1, 0.15) is 19.3 Å². The summed E-state index contributed by atoms with van der Waals surface area (Å²) < 4.78 is 18.8. The number of amides is 1. The molecule has 0 N–H and O–H groups in total. The minimum absolute atomic E-state index is 0.197. The minimum atomic E-state index is -0.424. The Kier molecular flexibility index (Phi) is 4.39. The van der Waals surface area contributed by atoms with Gasteiger partial charge in [-0.3, -0.25) is 4.79 Å². The lowest BCUT2D eigenvalue weighted by Gasteiger charge is -2.37. The maximum Gasteiger partial charge on any atom is 0.224 e. The molecule has 3 heterocycles. The van der Waals surface area contributed by atoms with E-state index in [0.29, 0.717) is 39.3 Å². The van der Waals surface area contributed by atoms with Gasteiger partial charge in [-0.05, 0) is 24.3 Å². The lowest BCUT2D eigenvalue weighted by atomic mass is 10.0. The summed E-state index contributed by atoms with van der Waals surface area (Å²) >= 11 is 0. The smallest absolute Gasteiger partial charge is 0.224 e. The topological polar surface area (TPSA) is 52.9 Å². The number of carbonyl (C=O) groups excluding carboxylic acids is 1. The van der Waals surface area contributed by atoms with Crippen LogP contribution in [0.25, 0.3) is 10.9 Å². The highest BCUT2D eigenvalue weighted by Gasteiger charge is 2.40. The quantitative estimate of drug-likeness (QED) is 0.855. The molecule has 2 fully saturated rings. The number of aryl methyl sites for hydroxylation is 1. The molecule has 0 aliphatic carbocycles. The monoisotopic (exact) mass is 344 g/mol. The predicted molar refractivity (Wildman–Crippen MR) is 93.6 cm³/mol. The molecule has 0 bridgehead atoms. The molecule has 1 aromatic carbocycles. The van der Waals surface area contributed by atoms with Gasteiger partial charge in [0.2, 0.25) is 5.91 Å². The molecular formula is C19H24N2O4. The highest BCUT2D eigenvalue weighted by atomic mass is 16.7. The summed E-state index contributed by atoms with van der Waals surface area (Å²) in [5, 5.41) is 1.13. The van der Waals surface area contributed by atoms with Crippen molar-refractivity contribution in [2.45, 2.75) is 31.6 Å². The van der Waals surface area contributed by atoms with Gasteiger partial charge in [-0.2, -0.15) is 0 Å². The molecule has 2 aromatic rings. The first kappa shape index (κ1) is 16.4. The summed E-state index contributed by atoms with van der Waals surface area (Å²) in [5.74, 6) is 0.620. The fraction of sp³-hybridized carbons (Fsp3) is 0.526. The zero-order valence-electron chi connectivity index (χ0n) is 14.6. The summed E-state index contributed by atoms with van der Waals surface area (Å²) in [5.41, 5.74) is 1.12. The first-order valence-electron chi connectivity index (χ1n) is 8.88. The van der Waals surface area contributed by atoms with Crippen LogP contribution in [0.4, 0.5) is 0 Å². The van der Waals surface area contributed by atoms with Gasteiger partial charge >= 0.3 is 0 Å². The Labute approximate surface area is 147 Å². The molecule has 2 aliphatic rings. The molecule has 134 valence electrons. The second-order valence-electron chi connectivity index (χ2n) is 6.67. The zero-order valence-corrected chi connectivity index (χ0v) is 14.6. The third-order valence-electron chi connectivity index (χ3n) is 5.24. The summed E-state index contributed by atoms with van der Waals surface area (Å²) in [6, 6.07) is 8.06. The molecule has 0 saturated carbocycles. The van der Waals surface area contributed by atoms with Crippen LogP contribution < -0.4 is 4.74 Å². The van der Waals surface area contributed by atoms with Crippen LogP contribution in [-0.4, -0.2) is 54.6 Å². The molecule has 1 aromatic heterocycles. The van der Waals surface area contributed by atoms with Gasteiger partial charge in [0, 0.05) is 56.0 Å². The highest BCUT2D eigenvalue weighted by molar-refractivity contribution is 5.82. The van der Waals surface area contributed by atoms with Crippen molar-refractivity contribution in [2.24, 2.45) is 0 Å². The Morgan fingerprint density at radius 2 is 1.96 bits per heavy atom. The number of carbonyl (C=O) groups is 1. The second-order valence-corrected chi connectivity index (χ2v) is 6.67. The summed E-state index contributed by atoms with van der Waals surface area (Å²) in [6.45, 7) is 3.44. The predicted octanol–water partition coefficient (Wildman–Crippen LogP) is 2.41. The van der Waals surface area contributed by atoms with E-state index in [1.807, 2.05) is 29.3 Å². The number of benzene rings is 1. The highest BCUT2D eigenvalue weighted by Crippen LogP contribution is 2.31. The molecule has 25 heavy (non-hydrogen) atoms. The SMILES string of the molecule is COc1ccc2c(ccn2CCC(=O)N2CCC3(CC2)OCCO3)c1. The lowest BCUT2D eigenvalue weighted by molar-refractivity contribution is -0.187. The lowest BCUT2D eigenvalue weighted by Crippen LogP contribution is -2.47. The number of methoxy groups -OCH3 is 1. The standard InChI is InChI=1S/C19H24N2O4/c1-23-16-2-3-17-15(14-16)4-8-20(17)9-5-18(22)21-10-6-19(7-11-21)24-12-13-25-19/h2-4,8,14H,5-7,9-13H2,1H3. The third kappa shape index (κ3) is 3.24. The average molecular weight is 344 g/mol. The van der Waals surface area contributed by atoms with Crippen LogP contribution in [0.2, 0.25) is 0 Å². The average Bonchev–Trinajstić information content (AvgIpc) is 3.27. The van der Waals surface area contributed by atoms with Crippen molar-refractivity contribution in [2.75, 3.05) is 33.4 Å². The fourth-order valence-electron chi connectivity index (χ4n) is 3.76. The Balaban J connectivity index is 1.34. The second kappa shape index (κ2) is 6.69. The van der Waals surface area contributed by atoms with E-state index in [1.165, 1.54) is 0 Å². The van der Waals surface area contributed by atoms with Gasteiger partial charge in [-0.15, -0.1) is 0 Å². The molecular weight excluding hydrogens is 320 g/mol. The van der Waals surface area contributed by atoms with Crippen LogP contribution >= 0.6 is 0 Å². The van der Waals surface area contributed by atoms with Crippen molar-refractivity contribution in [1.82, 2.24) is 9.47 Å². The van der Waals surface area contributed by atoms with Gasteiger partial charge in [-0.25, -0.2) is 0 Å². The molecule has 1 amide bonds. The molecule has 2 aliphatic heterocycles. The van der Waals surface area contributed by atoms with Gasteiger partial charge < -0.3 is 23.7 Å². The normalized spacial score (nSPS) is 19.6. The molecule has 6 heteroatoms.